The van der Waals surface area contributed by atoms with Gasteiger partial charge in [-0.25, -0.2) is 0 Å². The van der Waals surface area contributed by atoms with Gasteiger partial charge in [0, 0.05) is 11.8 Å². The standard InChI is InChI=1S/C9H17N3OS2/c1-4-13-7-8(10)12-15-9(7)11-5-6(2)14-3/h6,11H,4-5H2,1-3H3,(H2,10,12). The maximum Gasteiger partial charge on any atom is 0.197 e. The fourth-order valence-corrected chi connectivity index (χ4v) is 1.93. The first-order chi connectivity index (χ1) is 7.19. The molecule has 0 bridgehead atoms. The van der Waals surface area contributed by atoms with E-state index in [2.05, 4.69) is 22.9 Å². The molecule has 0 amide bonds. The maximum absolute atomic E-state index is 5.70. The van der Waals surface area contributed by atoms with Gasteiger partial charge in [0.05, 0.1) is 6.61 Å². The number of hydrogen-bond donors (Lipinski definition) is 2. The lowest BCUT2D eigenvalue weighted by atomic mass is 10.4. The highest BCUT2D eigenvalue weighted by Crippen LogP contribution is 2.35. The van der Waals surface area contributed by atoms with E-state index in [9.17, 15) is 0 Å². The first-order valence-electron chi connectivity index (χ1n) is 4.83. The highest BCUT2D eigenvalue weighted by Gasteiger charge is 2.12. The van der Waals surface area contributed by atoms with E-state index < -0.39 is 0 Å². The van der Waals surface area contributed by atoms with Crippen molar-refractivity contribution in [3.05, 3.63) is 0 Å². The number of nitrogen functional groups attached to an aromatic ring is 1. The van der Waals surface area contributed by atoms with Crippen molar-refractivity contribution in [3.8, 4) is 5.75 Å². The molecule has 0 aliphatic heterocycles. The molecule has 3 N–H and O–H groups in total. The number of nitrogens with two attached hydrogens (primary N) is 1. The average Bonchev–Trinajstić information content (AvgIpc) is 2.58. The number of rotatable bonds is 6. The minimum Gasteiger partial charge on any atom is -0.487 e. The Morgan fingerprint density at radius 3 is 3.00 bits per heavy atom. The monoisotopic (exact) mass is 247 g/mol. The van der Waals surface area contributed by atoms with Crippen LogP contribution < -0.4 is 15.8 Å². The molecule has 0 aliphatic rings. The molecule has 0 fully saturated rings. The summed E-state index contributed by atoms with van der Waals surface area (Å²) in [5.41, 5.74) is 5.70. The van der Waals surface area contributed by atoms with Crippen LogP contribution in [0.4, 0.5) is 10.8 Å². The second-order valence-electron chi connectivity index (χ2n) is 3.09. The van der Waals surface area contributed by atoms with E-state index >= 15 is 0 Å². The number of anilines is 2. The Hall–Kier alpha value is -0.620. The van der Waals surface area contributed by atoms with Crippen molar-refractivity contribution in [2.24, 2.45) is 0 Å². The van der Waals surface area contributed by atoms with Crippen LogP contribution in [0, 0.1) is 0 Å². The molecule has 0 aromatic carbocycles. The molecule has 15 heavy (non-hydrogen) atoms. The van der Waals surface area contributed by atoms with Crippen LogP contribution >= 0.6 is 23.3 Å². The van der Waals surface area contributed by atoms with Crippen LogP contribution in [0.1, 0.15) is 13.8 Å². The van der Waals surface area contributed by atoms with E-state index in [0.717, 1.165) is 11.5 Å². The Balaban J connectivity index is 2.60. The molecule has 4 nitrogen and oxygen atoms in total. The van der Waals surface area contributed by atoms with Crippen LogP contribution in [0.5, 0.6) is 5.75 Å². The lowest BCUT2D eigenvalue weighted by Crippen LogP contribution is -2.12. The fourth-order valence-electron chi connectivity index (χ4n) is 1.01. The van der Waals surface area contributed by atoms with Crippen LogP contribution in [0.3, 0.4) is 0 Å². The van der Waals surface area contributed by atoms with Crippen molar-refractivity contribution >= 4 is 34.1 Å². The van der Waals surface area contributed by atoms with Gasteiger partial charge in [-0.05, 0) is 24.7 Å². The number of nitrogens with one attached hydrogen (secondary N) is 1. The first kappa shape index (κ1) is 12.4. The molecule has 86 valence electrons. The zero-order valence-electron chi connectivity index (χ0n) is 9.24. The summed E-state index contributed by atoms with van der Waals surface area (Å²) in [7, 11) is 0. The molecule has 1 unspecified atom stereocenters. The zero-order chi connectivity index (χ0) is 11.3. The summed E-state index contributed by atoms with van der Waals surface area (Å²) in [5, 5.41) is 4.78. The zero-order valence-corrected chi connectivity index (χ0v) is 10.9. The summed E-state index contributed by atoms with van der Waals surface area (Å²) in [6, 6.07) is 0. The van der Waals surface area contributed by atoms with E-state index in [4.69, 9.17) is 10.5 Å². The Morgan fingerprint density at radius 2 is 2.40 bits per heavy atom. The quantitative estimate of drug-likeness (QED) is 0.807. The molecule has 1 atom stereocenters. The average molecular weight is 247 g/mol. The molecule has 0 spiro atoms. The summed E-state index contributed by atoms with van der Waals surface area (Å²) in [6.07, 6.45) is 2.09. The Kier molecular flexibility index (Phi) is 5.04. The van der Waals surface area contributed by atoms with Crippen molar-refractivity contribution in [3.63, 3.8) is 0 Å². The van der Waals surface area contributed by atoms with Crippen molar-refractivity contribution in [2.75, 3.05) is 30.5 Å². The number of ether oxygens (including phenoxy) is 1. The third-order valence-corrected chi connectivity index (χ3v) is 3.69. The first-order valence-corrected chi connectivity index (χ1v) is 6.89. The van der Waals surface area contributed by atoms with E-state index in [-0.39, 0.29) is 0 Å². The van der Waals surface area contributed by atoms with Crippen molar-refractivity contribution in [2.45, 2.75) is 19.1 Å². The summed E-state index contributed by atoms with van der Waals surface area (Å²) in [5.74, 6) is 1.16. The van der Waals surface area contributed by atoms with Gasteiger partial charge in [0.15, 0.2) is 16.6 Å². The van der Waals surface area contributed by atoms with Gasteiger partial charge in [-0.15, -0.1) is 0 Å². The Morgan fingerprint density at radius 1 is 1.67 bits per heavy atom. The fraction of sp³-hybridized carbons (Fsp3) is 0.667. The van der Waals surface area contributed by atoms with Gasteiger partial charge in [-0.1, -0.05) is 6.92 Å². The van der Waals surface area contributed by atoms with Gasteiger partial charge in [0.1, 0.15) is 0 Å². The SMILES string of the molecule is CCOc1c(N)nsc1NCC(C)SC. The molecule has 1 aromatic rings. The molecule has 6 heteroatoms. The highest BCUT2D eigenvalue weighted by atomic mass is 32.2. The minimum absolute atomic E-state index is 0.473. The number of thioether (sulfide) groups is 1. The van der Waals surface area contributed by atoms with Gasteiger partial charge < -0.3 is 15.8 Å². The molecule has 0 saturated heterocycles. The maximum atomic E-state index is 5.70. The van der Waals surface area contributed by atoms with Crippen LogP contribution in [-0.4, -0.2) is 29.0 Å². The third-order valence-electron chi connectivity index (χ3n) is 1.92. The summed E-state index contributed by atoms with van der Waals surface area (Å²) in [4.78, 5) is 0. The van der Waals surface area contributed by atoms with Crippen LogP contribution in [0.15, 0.2) is 0 Å². The number of nitrogens with zero attached hydrogens (tertiary/aromatic N) is 1. The lowest BCUT2D eigenvalue weighted by molar-refractivity contribution is 0.344. The van der Waals surface area contributed by atoms with Crippen LogP contribution in [0.2, 0.25) is 0 Å². The van der Waals surface area contributed by atoms with E-state index in [0.29, 0.717) is 23.4 Å². The minimum atomic E-state index is 0.473. The van der Waals surface area contributed by atoms with Gasteiger partial charge in [-0.3, -0.25) is 0 Å². The number of hydrogen-bond acceptors (Lipinski definition) is 6. The Labute approximate surface area is 98.7 Å². The predicted octanol–water partition coefficient (Wildman–Crippen LogP) is 2.29. The third kappa shape index (κ3) is 3.46. The lowest BCUT2D eigenvalue weighted by Gasteiger charge is -2.10. The van der Waals surface area contributed by atoms with Crippen LogP contribution in [0.25, 0.3) is 0 Å². The van der Waals surface area contributed by atoms with Gasteiger partial charge >= 0.3 is 0 Å². The van der Waals surface area contributed by atoms with Gasteiger partial charge in [-0.2, -0.15) is 16.1 Å². The van der Waals surface area contributed by atoms with Crippen molar-refractivity contribution in [1.29, 1.82) is 0 Å². The second-order valence-corrected chi connectivity index (χ2v) is 5.14. The largest absolute Gasteiger partial charge is 0.487 e. The number of aromatic nitrogens is 1. The molecule has 1 rings (SSSR count). The van der Waals surface area contributed by atoms with Crippen molar-refractivity contribution < 1.29 is 4.74 Å². The molecular weight excluding hydrogens is 230 g/mol. The molecule has 1 aromatic heterocycles. The van der Waals surface area contributed by atoms with E-state index in [1.54, 1.807) is 0 Å². The topological polar surface area (TPSA) is 60.2 Å². The molecular formula is C9H17N3OS2. The molecule has 0 radical (unpaired) electrons. The normalized spacial score (nSPS) is 12.5. The summed E-state index contributed by atoms with van der Waals surface area (Å²) < 4.78 is 9.49. The van der Waals surface area contributed by atoms with E-state index in [1.165, 1.54) is 11.5 Å². The van der Waals surface area contributed by atoms with Crippen LogP contribution in [-0.2, 0) is 0 Å². The summed E-state index contributed by atoms with van der Waals surface area (Å²) >= 11 is 3.17. The van der Waals surface area contributed by atoms with Gasteiger partial charge in [0.25, 0.3) is 0 Å². The summed E-state index contributed by atoms with van der Waals surface area (Å²) in [6.45, 7) is 5.60. The second kappa shape index (κ2) is 6.07. The highest BCUT2D eigenvalue weighted by molar-refractivity contribution is 7.99. The Bertz CT molecular complexity index is 304. The smallest absolute Gasteiger partial charge is 0.197 e. The van der Waals surface area contributed by atoms with Crippen molar-refractivity contribution in [1.82, 2.24) is 4.37 Å². The van der Waals surface area contributed by atoms with E-state index in [1.807, 2.05) is 18.7 Å². The predicted molar refractivity (Wildman–Crippen MR) is 69.2 cm³/mol. The molecule has 0 saturated carbocycles. The molecule has 0 aliphatic carbocycles. The van der Waals surface area contributed by atoms with Gasteiger partial charge in [0.2, 0.25) is 0 Å². The molecule has 1 heterocycles.